The van der Waals surface area contributed by atoms with E-state index in [1.165, 1.54) is 0 Å². The van der Waals surface area contributed by atoms with Gasteiger partial charge in [0.2, 0.25) is 0 Å². The van der Waals surface area contributed by atoms with Crippen molar-refractivity contribution < 1.29 is 9.94 Å². The highest BCUT2D eigenvalue weighted by Gasteiger charge is 2.18. The highest BCUT2D eigenvalue weighted by molar-refractivity contribution is 5.81. The van der Waals surface area contributed by atoms with Crippen LogP contribution in [0, 0.1) is 0 Å². The Morgan fingerprint density at radius 3 is 3.00 bits per heavy atom. The van der Waals surface area contributed by atoms with Crippen molar-refractivity contribution in [2.45, 2.75) is 25.9 Å². The fourth-order valence-corrected chi connectivity index (χ4v) is 1.64. The van der Waals surface area contributed by atoms with Crippen LogP contribution >= 0.6 is 0 Å². The van der Waals surface area contributed by atoms with E-state index in [9.17, 15) is 0 Å². The van der Waals surface area contributed by atoms with Crippen LogP contribution in [0.1, 0.15) is 19.8 Å². The van der Waals surface area contributed by atoms with E-state index in [4.69, 9.17) is 15.7 Å². The smallest absolute Gasteiger partial charge is 0.153 e. The molecule has 0 radical (unpaired) electrons. The first-order valence-electron chi connectivity index (χ1n) is 5.06. The molecule has 0 aromatic carbocycles. The summed E-state index contributed by atoms with van der Waals surface area (Å²) in [7, 11) is 0. The largest absolute Gasteiger partial charge is 0.409 e. The molecule has 5 nitrogen and oxygen atoms in total. The third-order valence-electron chi connectivity index (χ3n) is 2.45. The lowest BCUT2D eigenvalue weighted by atomic mass is 10.2. The Hall–Kier alpha value is -0.810. The fourth-order valence-electron chi connectivity index (χ4n) is 1.64. The van der Waals surface area contributed by atoms with E-state index in [1.54, 1.807) is 0 Å². The topological polar surface area (TPSA) is 71.1 Å². The van der Waals surface area contributed by atoms with Crippen LogP contribution in [0.25, 0.3) is 0 Å². The molecule has 1 aliphatic heterocycles. The number of likely N-dealkylation sites (N-methyl/N-ethyl adjacent to an activating group) is 1. The van der Waals surface area contributed by atoms with E-state index in [2.05, 4.69) is 17.0 Å². The first kappa shape index (κ1) is 11.3. The summed E-state index contributed by atoms with van der Waals surface area (Å²) >= 11 is 0. The summed E-state index contributed by atoms with van der Waals surface area (Å²) in [6.45, 7) is 5.18. The lowest BCUT2D eigenvalue weighted by molar-refractivity contribution is 0.0794. The molecule has 5 heteroatoms. The van der Waals surface area contributed by atoms with E-state index < -0.39 is 0 Å². The molecule has 0 bridgehead atoms. The monoisotopic (exact) mass is 201 g/mol. The number of ether oxygens (including phenoxy) is 1. The summed E-state index contributed by atoms with van der Waals surface area (Å²) < 4.78 is 5.52. The molecule has 0 aromatic rings. The number of amidine groups is 1. The Kier molecular flexibility index (Phi) is 4.69. The second-order valence-electron chi connectivity index (χ2n) is 3.55. The van der Waals surface area contributed by atoms with Crippen molar-refractivity contribution in [1.82, 2.24) is 4.90 Å². The van der Waals surface area contributed by atoms with E-state index in [1.807, 2.05) is 0 Å². The molecule has 0 spiro atoms. The maximum Gasteiger partial charge on any atom is 0.153 e. The minimum atomic E-state index is 0.254. The summed E-state index contributed by atoms with van der Waals surface area (Å²) in [5.41, 5.74) is 5.44. The van der Waals surface area contributed by atoms with Crippen LogP contribution in [-0.2, 0) is 4.74 Å². The van der Waals surface area contributed by atoms with Gasteiger partial charge >= 0.3 is 0 Å². The molecule has 1 rings (SSSR count). The van der Waals surface area contributed by atoms with Gasteiger partial charge in [-0.05, 0) is 19.4 Å². The molecule has 0 aromatic heterocycles. The Balaban J connectivity index is 2.30. The van der Waals surface area contributed by atoms with Crippen molar-refractivity contribution in [3.8, 4) is 0 Å². The molecule has 0 saturated carbocycles. The highest BCUT2D eigenvalue weighted by Crippen LogP contribution is 2.12. The van der Waals surface area contributed by atoms with Crippen LogP contribution in [0.5, 0.6) is 0 Å². The summed E-state index contributed by atoms with van der Waals surface area (Å²) in [6, 6.07) is 0. The van der Waals surface area contributed by atoms with E-state index in [0.717, 1.165) is 32.5 Å². The van der Waals surface area contributed by atoms with Crippen molar-refractivity contribution in [2.75, 3.05) is 26.2 Å². The Morgan fingerprint density at radius 1 is 1.71 bits per heavy atom. The van der Waals surface area contributed by atoms with Crippen LogP contribution in [-0.4, -0.2) is 48.3 Å². The number of hydrogen-bond acceptors (Lipinski definition) is 4. The molecule has 0 amide bonds. The van der Waals surface area contributed by atoms with Gasteiger partial charge in [-0.1, -0.05) is 12.1 Å². The third kappa shape index (κ3) is 3.51. The van der Waals surface area contributed by atoms with E-state index in [0.29, 0.717) is 12.6 Å². The molecule has 1 fully saturated rings. The maximum atomic E-state index is 8.45. The van der Waals surface area contributed by atoms with Gasteiger partial charge in [-0.2, -0.15) is 0 Å². The minimum Gasteiger partial charge on any atom is -0.409 e. The van der Waals surface area contributed by atoms with Gasteiger partial charge < -0.3 is 15.7 Å². The molecule has 0 aliphatic carbocycles. The Bertz CT molecular complexity index is 190. The first-order chi connectivity index (χ1) is 6.76. The second kappa shape index (κ2) is 5.82. The van der Waals surface area contributed by atoms with Crippen LogP contribution in [0.2, 0.25) is 0 Å². The van der Waals surface area contributed by atoms with Gasteiger partial charge in [-0.15, -0.1) is 0 Å². The molecule has 14 heavy (non-hydrogen) atoms. The zero-order valence-electron chi connectivity index (χ0n) is 8.65. The molecular weight excluding hydrogens is 182 g/mol. The van der Waals surface area contributed by atoms with Crippen LogP contribution in [0.15, 0.2) is 5.16 Å². The average Bonchev–Trinajstić information content (AvgIpc) is 2.69. The Morgan fingerprint density at radius 2 is 2.50 bits per heavy atom. The molecule has 82 valence electrons. The SMILES string of the molecule is CCN(CC(N)=NO)CC1CCCO1. The summed E-state index contributed by atoms with van der Waals surface area (Å²) in [6.07, 6.45) is 2.58. The average molecular weight is 201 g/mol. The molecule has 3 N–H and O–H groups in total. The predicted octanol–water partition coefficient (Wildman–Crippen LogP) is 0.234. The normalized spacial score (nSPS) is 23.3. The van der Waals surface area contributed by atoms with Gasteiger partial charge in [0.1, 0.15) is 0 Å². The van der Waals surface area contributed by atoms with E-state index >= 15 is 0 Å². The fraction of sp³-hybridized carbons (Fsp3) is 0.889. The van der Waals surface area contributed by atoms with Gasteiger partial charge in [-0.3, -0.25) is 4.90 Å². The van der Waals surface area contributed by atoms with Crippen molar-refractivity contribution in [1.29, 1.82) is 0 Å². The highest BCUT2D eigenvalue weighted by atomic mass is 16.5. The quantitative estimate of drug-likeness (QED) is 0.289. The van der Waals surface area contributed by atoms with Crippen LogP contribution in [0.4, 0.5) is 0 Å². The molecular formula is C9H19N3O2. The van der Waals surface area contributed by atoms with Crippen LogP contribution < -0.4 is 5.73 Å². The number of hydrogen-bond donors (Lipinski definition) is 2. The maximum absolute atomic E-state index is 8.45. The second-order valence-corrected chi connectivity index (χ2v) is 3.55. The van der Waals surface area contributed by atoms with Gasteiger partial charge in [0.15, 0.2) is 5.84 Å². The summed E-state index contributed by atoms with van der Waals surface area (Å²) in [4.78, 5) is 2.12. The van der Waals surface area contributed by atoms with Gasteiger partial charge in [0.25, 0.3) is 0 Å². The third-order valence-corrected chi connectivity index (χ3v) is 2.45. The van der Waals surface area contributed by atoms with Crippen LogP contribution in [0.3, 0.4) is 0 Å². The van der Waals surface area contributed by atoms with Crippen molar-refractivity contribution in [3.05, 3.63) is 0 Å². The van der Waals surface area contributed by atoms with E-state index in [-0.39, 0.29) is 5.84 Å². The lowest BCUT2D eigenvalue weighted by Crippen LogP contribution is -2.38. The van der Waals surface area contributed by atoms with Crippen molar-refractivity contribution in [3.63, 3.8) is 0 Å². The summed E-state index contributed by atoms with van der Waals surface area (Å²) in [5.74, 6) is 0.254. The van der Waals surface area contributed by atoms with Gasteiger partial charge in [-0.25, -0.2) is 0 Å². The molecule has 1 unspecified atom stereocenters. The summed E-state index contributed by atoms with van der Waals surface area (Å²) in [5, 5.41) is 11.4. The van der Waals surface area contributed by atoms with Gasteiger partial charge in [0, 0.05) is 13.2 Å². The predicted molar refractivity (Wildman–Crippen MR) is 54.5 cm³/mol. The molecule has 1 saturated heterocycles. The Labute approximate surface area is 84.5 Å². The standard InChI is InChI=1S/C9H19N3O2/c1-2-12(7-9(10)11-13)6-8-4-3-5-14-8/h8,13H,2-7H2,1H3,(H2,10,11). The zero-order valence-corrected chi connectivity index (χ0v) is 8.65. The molecule has 1 heterocycles. The van der Waals surface area contributed by atoms with Crippen molar-refractivity contribution >= 4 is 5.84 Å². The zero-order chi connectivity index (χ0) is 10.4. The number of nitrogens with two attached hydrogens (primary N) is 1. The molecule has 1 atom stereocenters. The number of oxime groups is 1. The number of nitrogens with zero attached hydrogens (tertiary/aromatic N) is 2. The van der Waals surface area contributed by atoms with Gasteiger partial charge in [0.05, 0.1) is 12.6 Å². The number of rotatable bonds is 5. The van der Waals surface area contributed by atoms with Crippen molar-refractivity contribution in [2.24, 2.45) is 10.9 Å². The molecule has 1 aliphatic rings. The first-order valence-corrected chi connectivity index (χ1v) is 5.06. The lowest BCUT2D eigenvalue weighted by Gasteiger charge is -2.22. The minimum absolute atomic E-state index is 0.254.